The van der Waals surface area contributed by atoms with Gasteiger partial charge in [-0.15, -0.1) is 0 Å². The minimum atomic E-state index is 0.253. The van der Waals surface area contributed by atoms with Gasteiger partial charge in [0.05, 0.1) is 13.2 Å². The molecule has 2 fully saturated rings. The van der Waals surface area contributed by atoms with Crippen molar-refractivity contribution in [3.63, 3.8) is 0 Å². The molecule has 2 bridgehead atoms. The predicted molar refractivity (Wildman–Crippen MR) is 96.8 cm³/mol. The molecule has 2 atom stereocenters. The second kappa shape index (κ2) is 8.26. The zero-order valence-electron chi connectivity index (χ0n) is 15.1. The summed E-state index contributed by atoms with van der Waals surface area (Å²) in [5, 5.41) is 0. The maximum atomic E-state index is 12.6. The summed E-state index contributed by atoms with van der Waals surface area (Å²) in [5.41, 5.74) is 1.36. The molecular weight excluding hydrogens is 298 g/mol. The van der Waals surface area contributed by atoms with Crippen molar-refractivity contribution in [1.82, 2.24) is 4.90 Å². The number of hydrogen-bond donors (Lipinski definition) is 0. The van der Waals surface area contributed by atoms with Crippen LogP contribution in [0.25, 0.3) is 0 Å². The Balaban J connectivity index is 1.58. The molecule has 3 heteroatoms. The van der Waals surface area contributed by atoms with Crippen LogP contribution >= 0.6 is 0 Å². The number of carbonyl (C=O) groups is 1. The normalized spacial score (nSPS) is 27.4. The van der Waals surface area contributed by atoms with E-state index in [2.05, 4.69) is 49.1 Å². The molecule has 0 aromatic heterocycles. The highest BCUT2D eigenvalue weighted by molar-refractivity contribution is 5.81. The maximum absolute atomic E-state index is 12.6. The Labute approximate surface area is 146 Å². The Morgan fingerprint density at radius 1 is 1.17 bits per heavy atom. The van der Waals surface area contributed by atoms with Crippen molar-refractivity contribution in [2.75, 3.05) is 13.2 Å². The highest BCUT2D eigenvalue weighted by Crippen LogP contribution is 2.34. The van der Waals surface area contributed by atoms with E-state index in [1.54, 1.807) is 0 Å². The molecule has 2 aliphatic heterocycles. The van der Waals surface area contributed by atoms with Gasteiger partial charge in [0.25, 0.3) is 0 Å². The van der Waals surface area contributed by atoms with Crippen LogP contribution in [0.3, 0.4) is 0 Å². The average molecular weight is 329 g/mol. The average Bonchev–Trinajstić information content (AvgIpc) is 2.55. The predicted octanol–water partition coefficient (Wildman–Crippen LogP) is 4.06. The maximum Gasteiger partial charge on any atom is 0.136 e. The van der Waals surface area contributed by atoms with Crippen molar-refractivity contribution in [1.29, 1.82) is 0 Å². The lowest BCUT2D eigenvalue weighted by Crippen LogP contribution is -2.57. The number of morpholine rings is 1. The van der Waals surface area contributed by atoms with Crippen molar-refractivity contribution >= 4 is 5.78 Å². The number of rotatable bonds is 7. The molecule has 24 heavy (non-hydrogen) atoms. The van der Waals surface area contributed by atoms with Gasteiger partial charge in [-0.2, -0.15) is 0 Å². The van der Waals surface area contributed by atoms with Crippen molar-refractivity contribution in [3.8, 4) is 0 Å². The lowest BCUT2D eigenvalue weighted by Gasteiger charge is -2.48. The summed E-state index contributed by atoms with van der Waals surface area (Å²) in [7, 11) is 0. The lowest BCUT2D eigenvalue weighted by molar-refractivity contribution is -0.133. The van der Waals surface area contributed by atoms with Gasteiger partial charge in [-0.25, -0.2) is 0 Å². The molecule has 132 valence electrons. The minimum absolute atomic E-state index is 0.253. The van der Waals surface area contributed by atoms with Gasteiger partial charge in [-0.3, -0.25) is 9.69 Å². The fourth-order valence-electron chi connectivity index (χ4n) is 4.19. The summed E-state index contributed by atoms with van der Waals surface area (Å²) in [4.78, 5) is 15.2. The Kier molecular flexibility index (Phi) is 6.07. The third kappa shape index (κ3) is 4.46. The Morgan fingerprint density at radius 3 is 2.46 bits per heavy atom. The summed E-state index contributed by atoms with van der Waals surface area (Å²) in [5.74, 6) is 1.44. The number of hydrogen-bond acceptors (Lipinski definition) is 3. The van der Waals surface area contributed by atoms with Gasteiger partial charge in [0.15, 0.2) is 0 Å². The number of piperidine rings is 1. The van der Waals surface area contributed by atoms with Gasteiger partial charge >= 0.3 is 0 Å². The first-order valence-corrected chi connectivity index (χ1v) is 9.53. The molecule has 2 unspecified atom stereocenters. The van der Waals surface area contributed by atoms with E-state index < -0.39 is 0 Å². The second-order valence-electron chi connectivity index (χ2n) is 7.92. The summed E-state index contributed by atoms with van der Waals surface area (Å²) in [6, 6.07) is 11.5. The van der Waals surface area contributed by atoms with Gasteiger partial charge in [-0.05, 0) is 30.7 Å². The summed E-state index contributed by atoms with van der Waals surface area (Å²) in [6.07, 6.45) is 4.93. The fraction of sp³-hybridized carbons (Fsp3) is 0.667. The third-order valence-electron chi connectivity index (χ3n) is 5.54. The van der Waals surface area contributed by atoms with E-state index in [0.29, 0.717) is 23.8 Å². The number of ether oxygens (including phenoxy) is 1. The van der Waals surface area contributed by atoms with Crippen LogP contribution in [-0.2, 0) is 16.1 Å². The topological polar surface area (TPSA) is 29.5 Å². The highest BCUT2D eigenvalue weighted by Gasteiger charge is 2.40. The molecule has 3 rings (SSSR count). The second-order valence-corrected chi connectivity index (χ2v) is 7.92. The largest absolute Gasteiger partial charge is 0.378 e. The van der Waals surface area contributed by atoms with Crippen LogP contribution in [0.1, 0.15) is 51.5 Å². The molecule has 3 nitrogen and oxygen atoms in total. The molecule has 0 radical (unpaired) electrons. The van der Waals surface area contributed by atoms with Gasteiger partial charge in [0, 0.05) is 31.0 Å². The highest BCUT2D eigenvalue weighted by atomic mass is 16.5. The van der Waals surface area contributed by atoms with Crippen LogP contribution in [0.15, 0.2) is 30.3 Å². The van der Waals surface area contributed by atoms with E-state index in [1.165, 1.54) is 5.56 Å². The molecular formula is C21H31NO2. The summed E-state index contributed by atoms with van der Waals surface area (Å²) in [6.45, 7) is 6.99. The summed E-state index contributed by atoms with van der Waals surface area (Å²) < 4.78 is 5.79. The molecule has 1 aromatic rings. The van der Waals surface area contributed by atoms with Crippen LogP contribution in [0.4, 0.5) is 0 Å². The van der Waals surface area contributed by atoms with Crippen LogP contribution in [0.2, 0.25) is 0 Å². The smallest absolute Gasteiger partial charge is 0.136 e. The number of carbonyl (C=O) groups excluding carboxylic acids is 1. The Morgan fingerprint density at radius 2 is 1.83 bits per heavy atom. The monoisotopic (exact) mass is 329 g/mol. The van der Waals surface area contributed by atoms with Crippen LogP contribution in [0, 0.1) is 11.8 Å². The molecule has 0 amide bonds. The molecule has 2 heterocycles. The van der Waals surface area contributed by atoms with Crippen molar-refractivity contribution in [2.24, 2.45) is 11.8 Å². The fourth-order valence-corrected chi connectivity index (χ4v) is 4.19. The Hall–Kier alpha value is -1.19. The van der Waals surface area contributed by atoms with E-state index in [9.17, 15) is 4.79 Å². The standard InChI is InChI=1S/C21H31NO2/c1-16(2)7-6-10-21(23)18-11-19-14-24-15-20(12-18)22(19)13-17-8-4-3-5-9-17/h3-5,8-9,16,18-20H,6-7,10-15H2,1-2H3. The van der Waals surface area contributed by atoms with E-state index in [1.807, 2.05) is 0 Å². The van der Waals surface area contributed by atoms with E-state index >= 15 is 0 Å². The third-order valence-corrected chi connectivity index (χ3v) is 5.54. The van der Waals surface area contributed by atoms with E-state index in [-0.39, 0.29) is 5.92 Å². The molecule has 1 aromatic carbocycles. The number of Topliss-reactive ketones (excluding diaryl/α,β-unsaturated/α-hetero) is 1. The van der Waals surface area contributed by atoms with Gasteiger partial charge in [0.2, 0.25) is 0 Å². The number of nitrogens with zero attached hydrogens (tertiary/aromatic N) is 1. The van der Waals surface area contributed by atoms with Crippen molar-refractivity contribution in [3.05, 3.63) is 35.9 Å². The molecule has 2 saturated heterocycles. The van der Waals surface area contributed by atoms with Gasteiger partial charge < -0.3 is 4.74 Å². The van der Waals surface area contributed by atoms with E-state index in [0.717, 1.165) is 51.9 Å². The van der Waals surface area contributed by atoms with Crippen molar-refractivity contribution in [2.45, 2.75) is 64.6 Å². The molecule has 2 aliphatic rings. The summed E-state index contributed by atoms with van der Waals surface area (Å²) >= 11 is 0. The number of fused-ring (bicyclic) bond motifs is 2. The van der Waals surface area contributed by atoms with Crippen molar-refractivity contribution < 1.29 is 9.53 Å². The van der Waals surface area contributed by atoms with Crippen LogP contribution < -0.4 is 0 Å². The molecule has 0 aliphatic carbocycles. The first-order valence-electron chi connectivity index (χ1n) is 9.53. The SMILES string of the molecule is CC(C)CCCC(=O)C1CC2COCC(C1)N2Cc1ccccc1. The molecule has 0 saturated carbocycles. The molecule has 0 N–H and O–H groups in total. The zero-order chi connectivity index (χ0) is 16.9. The quantitative estimate of drug-likeness (QED) is 0.755. The molecule has 0 spiro atoms. The Bertz CT molecular complexity index is 514. The van der Waals surface area contributed by atoms with Crippen LogP contribution in [-0.4, -0.2) is 36.0 Å². The van der Waals surface area contributed by atoms with Gasteiger partial charge in [-0.1, -0.05) is 50.6 Å². The first-order chi connectivity index (χ1) is 11.6. The van der Waals surface area contributed by atoms with E-state index in [4.69, 9.17) is 4.74 Å². The lowest BCUT2D eigenvalue weighted by atomic mass is 9.81. The van der Waals surface area contributed by atoms with Crippen LogP contribution in [0.5, 0.6) is 0 Å². The number of ketones is 1. The first kappa shape index (κ1) is 17.6. The zero-order valence-corrected chi connectivity index (χ0v) is 15.1. The van der Waals surface area contributed by atoms with Gasteiger partial charge in [0.1, 0.15) is 5.78 Å². The minimum Gasteiger partial charge on any atom is -0.378 e. The number of benzene rings is 1.